The van der Waals surface area contributed by atoms with Crippen molar-refractivity contribution in [1.29, 1.82) is 5.26 Å². The van der Waals surface area contributed by atoms with E-state index in [4.69, 9.17) is 0 Å². The molecule has 3 rings (SSSR count). The molecule has 0 radical (unpaired) electrons. The summed E-state index contributed by atoms with van der Waals surface area (Å²) in [5.41, 5.74) is 2.85. The molecular weight excluding hydrogens is 365 g/mol. The number of piperazine rings is 1. The average molecular weight is 387 g/mol. The molecule has 0 amide bonds. The highest BCUT2D eigenvalue weighted by Crippen LogP contribution is 2.23. The standard InChI is InChI=1S/C20H22FN3O2S/c1-15-3-6-20(16(2)11-15)27(25,26)24-9-7-23(8-10-24)14-18-12-19(21)5-4-17(18)13-22/h3-6,11-12H,7-10,14H2,1-2H3. The maximum Gasteiger partial charge on any atom is 0.243 e. The van der Waals surface area contributed by atoms with Crippen LogP contribution in [-0.4, -0.2) is 43.8 Å². The second kappa shape index (κ2) is 7.77. The van der Waals surface area contributed by atoms with Crippen molar-refractivity contribution in [3.63, 3.8) is 0 Å². The highest BCUT2D eigenvalue weighted by atomic mass is 32.2. The Labute approximate surface area is 159 Å². The fourth-order valence-corrected chi connectivity index (χ4v) is 5.03. The maximum atomic E-state index is 13.5. The van der Waals surface area contributed by atoms with Crippen LogP contribution in [0.4, 0.5) is 4.39 Å². The summed E-state index contributed by atoms with van der Waals surface area (Å²) in [6.07, 6.45) is 0. The van der Waals surface area contributed by atoms with Gasteiger partial charge in [-0.2, -0.15) is 9.57 Å². The average Bonchev–Trinajstić information content (AvgIpc) is 2.62. The second-order valence-corrected chi connectivity index (χ2v) is 8.77. The number of nitrogens with zero attached hydrogens (tertiary/aromatic N) is 3. The van der Waals surface area contributed by atoms with E-state index < -0.39 is 10.0 Å². The van der Waals surface area contributed by atoms with Gasteiger partial charge in [0.2, 0.25) is 10.0 Å². The second-order valence-electron chi connectivity index (χ2n) is 6.86. The van der Waals surface area contributed by atoms with Crippen LogP contribution < -0.4 is 0 Å². The van der Waals surface area contributed by atoms with Gasteiger partial charge in [0.15, 0.2) is 0 Å². The lowest BCUT2D eigenvalue weighted by Crippen LogP contribution is -2.48. The molecule has 1 heterocycles. The fourth-order valence-electron chi connectivity index (χ4n) is 3.40. The third-order valence-electron chi connectivity index (χ3n) is 4.86. The first-order chi connectivity index (χ1) is 12.8. The summed E-state index contributed by atoms with van der Waals surface area (Å²) >= 11 is 0. The lowest BCUT2D eigenvalue weighted by molar-refractivity contribution is 0.181. The van der Waals surface area contributed by atoms with Crippen LogP contribution in [0.2, 0.25) is 0 Å². The summed E-state index contributed by atoms with van der Waals surface area (Å²) in [5, 5.41) is 9.18. The van der Waals surface area contributed by atoms with Gasteiger partial charge in [0.25, 0.3) is 0 Å². The molecule has 2 aromatic carbocycles. The SMILES string of the molecule is Cc1ccc(S(=O)(=O)N2CCN(Cc3cc(F)ccc3C#N)CC2)c(C)c1. The Hall–Kier alpha value is -2.27. The highest BCUT2D eigenvalue weighted by molar-refractivity contribution is 7.89. The van der Waals surface area contributed by atoms with E-state index in [0.29, 0.717) is 48.7 Å². The predicted octanol–water partition coefficient (Wildman–Crippen LogP) is 2.82. The quantitative estimate of drug-likeness (QED) is 0.809. The number of aryl methyl sites for hydroxylation is 2. The van der Waals surface area contributed by atoms with Crippen LogP contribution in [0.15, 0.2) is 41.3 Å². The van der Waals surface area contributed by atoms with E-state index in [1.807, 2.05) is 30.9 Å². The van der Waals surface area contributed by atoms with Gasteiger partial charge in [-0.25, -0.2) is 12.8 Å². The topological polar surface area (TPSA) is 64.4 Å². The van der Waals surface area contributed by atoms with E-state index >= 15 is 0 Å². The highest BCUT2D eigenvalue weighted by Gasteiger charge is 2.29. The Bertz CT molecular complexity index is 991. The van der Waals surface area contributed by atoms with Crippen LogP contribution in [-0.2, 0) is 16.6 Å². The molecule has 0 saturated carbocycles. The third-order valence-corrected chi connectivity index (χ3v) is 6.92. The van der Waals surface area contributed by atoms with Gasteiger partial charge in [0.1, 0.15) is 5.82 Å². The minimum Gasteiger partial charge on any atom is -0.296 e. The van der Waals surface area contributed by atoms with Gasteiger partial charge < -0.3 is 0 Å². The number of rotatable bonds is 4. The zero-order valence-electron chi connectivity index (χ0n) is 15.4. The Morgan fingerprint density at radius 2 is 1.78 bits per heavy atom. The van der Waals surface area contributed by atoms with Crippen molar-refractivity contribution in [3.05, 3.63) is 64.5 Å². The number of hydrogen-bond acceptors (Lipinski definition) is 4. The van der Waals surface area contributed by atoms with Crippen molar-refractivity contribution in [2.45, 2.75) is 25.3 Å². The maximum absolute atomic E-state index is 13.5. The van der Waals surface area contributed by atoms with E-state index in [-0.39, 0.29) is 5.82 Å². The van der Waals surface area contributed by atoms with Crippen molar-refractivity contribution in [2.24, 2.45) is 0 Å². The molecule has 0 aromatic heterocycles. The van der Waals surface area contributed by atoms with Crippen molar-refractivity contribution in [3.8, 4) is 6.07 Å². The Morgan fingerprint density at radius 3 is 2.41 bits per heavy atom. The van der Waals surface area contributed by atoms with E-state index in [1.54, 1.807) is 6.07 Å². The van der Waals surface area contributed by atoms with Crippen molar-refractivity contribution >= 4 is 10.0 Å². The van der Waals surface area contributed by atoms with Crippen LogP contribution in [0.5, 0.6) is 0 Å². The Kier molecular flexibility index (Phi) is 5.61. The largest absolute Gasteiger partial charge is 0.296 e. The smallest absolute Gasteiger partial charge is 0.243 e. The van der Waals surface area contributed by atoms with Crippen LogP contribution in [0, 0.1) is 31.0 Å². The molecule has 0 aliphatic carbocycles. The molecule has 1 aliphatic rings. The summed E-state index contributed by atoms with van der Waals surface area (Å²) < 4.78 is 40.9. The number of sulfonamides is 1. The molecule has 7 heteroatoms. The van der Waals surface area contributed by atoms with Gasteiger partial charge in [-0.05, 0) is 49.2 Å². The molecule has 1 aliphatic heterocycles. The van der Waals surface area contributed by atoms with E-state index in [0.717, 1.165) is 11.1 Å². The molecule has 0 unspecified atom stereocenters. The minimum atomic E-state index is -3.53. The van der Waals surface area contributed by atoms with Gasteiger partial charge in [-0.15, -0.1) is 0 Å². The van der Waals surface area contributed by atoms with Gasteiger partial charge in [-0.3, -0.25) is 4.90 Å². The molecule has 0 bridgehead atoms. The van der Waals surface area contributed by atoms with Gasteiger partial charge in [0, 0.05) is 32.7 Å². The van der Waals surface area contributed by atoms with Crippen LogP contribution in [0.1, 0.15) is 22.3 Å². The molecule has 0 N–H and O–H groups in total. The van der Waals surface area contributed by atoms with Gasteiger partial charge >= 0.3 is 0 Å². The van der Waals surface area contributed by atoms with Crippen LogP contribution >= 0.6 is 0 Å². The fraction of sp³-hybridized carbons (Fsp3) is 0.350. The first kappa shape index (κ1) is 19.5. The summed E-state index contributed by atoms with van der Waals surface area (Å²) in [5.74, 6) is -0.375. The molecule has 1 saturated heterocycles. The minimum absolute atomic E-state index is 0.346. The molecular formula is C20H22FN3O2S. The first-order valence-corrected chi connectivity index (χ1v) is 10.2. The number of benzene rings is 2. The summed E-state index contributed by atoms with van der Waals surface area (Å²) in [6.45, 7) is 5.97. The monoisotopic (exact) mass is 387 g/mol. The van der Waals surface area contributed by atoms with Gasteiger partial charge in [0.05, 0.1) is 16.5 Å². The lowest BCUT2D eigenvalue weighted by atomic mass is 10.1. The van der Waals surface area contributed by atoms with E-state index in [9.17, 15) is 18.1 Å². The third kappa shape index (κ3) is 4.19. The first-order valence-electron chi connectivity index (χ1n) is 8.79. The van der Waals surface area contributed by atoms with Crippen LogP contribution in [0.3, 0.4) is 0 Å². The van der Waals surface area contributed by atoms with Crippen molar-refractivity contribution in [1.82, 2.24) is 9.21 Å². The summed E-state index contributed by atoms with van der Waals surface area (Å²) in [6, 6.07) is 11.5. The predicted molar refractivity (Wildman–Crippen MR) is 101 cm³/mol. The normalized spacial score (nSPS) is 16.2. The molecule has 0 atom stereocenters. The number of nitriles is 1. The van der Waals surface area contributed by atoms with Gasteiger partial charge in [-0.1, -0.05) is 17.7 Å². The number of hydrogen-bond donors (Lipinski definition) is 0. The van der Waals surface area contributed by atoms with Crippen molar-refractivity contribution in [2.75, 3.05) is 26.2 Å². The zero-order valence-corrected chi connectivity index (χ0v) is 16.3. The zero-order chi connectivity index (χ0) is 19.6. The lowest BCUT2D eigenvalue weighted by Gasteiger charge is -2.34. The van der Waals surface area contributed by atoms with E-state index in [2.05, 4.69) is 6.07 Å². The molecule has 0 spiro atoms. The van der Waals surface area contributed by atoms with Crippen molar-refractivity contribution < 1.29 is 12.8 Å². The van der Waals surface area contributed by atoms with Crippen LogP contribution in [0.25, 0.3) is 0 Å². The van der Waals surface area contributed by atoms with E-state index in [1.165, 1.54) is 22.5 Å². The molecule has 142 valence electrons. The summed E-state index contributed by atoms with van der Waals surface area (Å²) in [7, 11) is -3.53. The molecule has 1 fully saturated rings. The Morgan fingerprint density at radius 1 is 1.07 bits per heavy atom. The summed E-state index contributed by atoms with van der Waals surface area (Å²) in [4.78, 5) is 2.39. The molecule has 5 nitrogen and oxygen atoms in total. The molecule has 2 aromatic rings. The number of halogens is 1. The molecule has 27 heavy (non-hydrogen) atoms. The Balaban J connectivity index is 1.70.